The molecule has 8 nitrogen and oxygen atoms in total. The highest BCUT2D eigenvalue weighted by molar-refractivity contribution is 6.37. The van der Waals surface area contributed by atoms with Crippen LogP contribution >= 0.6 is 23.2 Å². The molecular weight excluding hydrogens is 467 g/mol. The number of aromatic nitrogens is 3. The molecule has 3 aromatic carbocycles. The van der Waals surface area contributed by atoms with Crippen LogP contribution in [0.5, 0.6) is 17.2 Å². The van der Waals surface area contributed by atoms with Gasteiger partial charge in [0.05, 0.1) is 29.4 Å². The third-order valence-corrected chi connectivity index (χ3v) is 5.20. The summed E-state index contributed by atoms with van der Waals surface area (Å²) in [6.07, 6.45) is 1.34. The van der Waals surface area contributed by atoms with Gasteiger partial charge >= 0.3 is 5.91 Å². The van der Waals surface area contributed by atoms with E-state index in [-0.39, 0.29) is 28.2 Å². The highest BCUT2D eigenvalue weighted by atomic mass is 35.5. The molecular formula is C23H18Cl2N4O4. The van der Waals surface area contributed by atoms with E-state index in [1.54, 1.807) is 0 Å². The Hall–Kier alpha value is -3.59. The summed E-state index contributed by atoms with van der Waals surface area (Å²) < 4.78 is 7.11. The van der Waals surface area contributed by atoms with Crippen LogP contribution < -0.4 is 4.74 Å². The minimum absolute atomic E-state index is 0.0547. The van der Waals surface area contributed by atoms with Crippen LogP contribution in [0, 0.1) is 0 Å². The smallest absolute Gasteiger partial charge is 0.317 e. The van der Waals surface area contributed by atoms with E-state index in [2.05, 4.69) is 10.1 Å². The molecule has 1 heterocycles. The number of benzene rings is 3. The van der Waals surface area contributed by atoms with Crippen LogP contribution in [0.4, 0.5) is 0 Å². The normalized spacial score (nSPS) is 10.8. The van der Waals surface area contributed by atoms with E-state index in [0.29, 0.717) is 11.4 Å². The minimum atomic E-state index is -0.531. The fraction of sp³-hybridized carbons (Fsp3) is 0.0870. The van der Waals surface area contributed by atoms with Gasteiger partial charge in [-0.3, -0.25) is 9.63 Å². The first-order valence-electron chi connectivity index (χ1n) is 9.72. The molecule has 33 heavy (non-hydrogen) atoms. The van der Waals surface area contributed by atoms with Gasteiger partial charge in [-0.25, -0.2) is 14.7 Å². The maximum absolute atomic E-state index is 12.9. The van der Waals surface area contributed by atoms with E-state index in [1.807, 2.05) is 54.6 Å². The van der Waals surface area contributed by atoms with Crippen LogP contribution in [0.15, 0.2) is 73.1 Å². The monoisotopic (exact) mass is 484 g/mol. The molecule has 1 amide bonds. The fourth-order valence-corrected chi connectivity index (χ4v) is 3.43. The number of phenolic OH excluding ortho intramolecular Hbond substituents is 1. The Morgan fingerprint density at radius 3 is 2.30 bits per heavy atom. The lowest BCUT2D eigenvalue weighted by molar-refractivity contribution is -0.102. The average molecular weight is 485 g/mol. The summed E-state index contributed by atoms with van der Waals surface area (Å²) in [4.78, 5) is 22.2. The topological polar surface area (TPSA) is 89.7 Å². The van der Waals surface area contributed by atoms with Crippen molar-refractivity contribution < 1.29 is 19.5 Å². The Labute approximate surface area is 199 Å². The summed E-state index contributed by atoms with van der Waals surface area (Å²) in [6.45, 7) is 0.173. The number of ether oxygens (including phenoxy) is 1. The molecule has 0 aliphatic carbocycles. The SMILES string of the molecule is CON(Cc1ccc(Oc2ccccc2)cc1)C(=O)c1ncn(-c2cc(Cl)c(O)c(Cl)c2)n1. The average Bonchev–Trinajstić information content (AvgIpc) is 3.32. The lowest BCUT2D eigenvalue weighted by Gasteiger charge is -2.18. The number of carbonyl (C=O) groups excluding carboxylic acids is 1. The van der Waals surface area contributed by atoms with Gasteiger partial charge < -0.3 is 9.84 Å². The van der Waals surface area contributed by atoms with Gasteiger partial charge in [0.15, 0.2) is 5.75 Å². The molecule has 10 heteroatoms. The van der Waals surface area contributed by atoms with Crippen molar-refractivity contribution in [1.82, 2.24) is 19.8 Å². The van der Waals surface area contributed by atoms with Crippen molar-refractivity contribution in [3.8, 4) is 22.9 Å². The van der Waals surface area contributed by atoms with Gasteiger partial charge in [0.1, 0.15) is 17.8 Å². The van der Waals surface area contributed by atoms with Crippen molar-refractivity contribution in [2.75, 3.05) is 7.11 Å². The van der Waals surface area contributed by atoms with Crippen molar-refractivity contribution in [2.45, 2.75) is 6.54 Å². The number of para-hydroxylation sites is 1. The number of hydroxylamine groups is 2. The number of amides is 1. The van der Waals surface area contributed by atoms with Crippen molar-refractivity contribution in [3.05, 3.63) is 94.5 Å². The van der Waals surface area contributed by atoms with Gasteiger partial charge in [-0.2, -0.15) is 0 Å². The van der Waals surface area contributed by atoms with Gasteiger partial charge in [0.25, 0.3) is 0 Å². The Morgan fingerprint density at radius 1 is 1.03 bits per heavy atom. The second-order valence-electron chi connectivity index (χ2n) is 6.85. The maximum atomic E-state index is 12.9. The summed E-state index contributed by atoms with van der Waals surface area (Å²) >= 11 is 11.9. The number of hydrogen-bond acceptors (Lipinski definition) is 6. The molecule has 4 rings (SSSR count). The molecule has 4 aromatic rings. The van der Waals surface area contributed by atoms with Crippen molar-refractivity contribution in [3.63, 3.8) is 0 Å². The van der Waals surface area contributed by atoms with Crippen LogP contribution in [0.2, 0.25) is 10.0 Å². The number of aromatic hydroxyl groups is 1. The Kier molecular flexibility index (Phi) is 6.79. The summed E-state index contributed by atoms with van der Waals surface area (Å²) in [6, 6.07) is 19.7. The Balaban J connectivity index is 1.45. The predicted molar refractivity (Wildman–Crippen MR) is 123 cm³/mol. The van der Waals surface area contributed by atoms with Gasteiger partial charge in [-0.05, 0) is 42.0 Å². The van der Waals surface area contributed by atoms with Crippen LogP contribution in [0.25, 0.3) is 5.69 Å². The van der Waals surface area contributed by atoms with Gasteiger partial charge in [-0.1, -0.05) is 53.5 Å². The number of hydrogen-bond donors (Lipinski definition) is 1. The zero-order chi connectivity index (χ0) is 23.4. The second kappa shape index (κ2) is 9.91. The molecule has 0 aliphatic rings. The molecule has 0 saturated carbocycles. The minimum Gasteiger partial charge on any atom is -0.505 e. The first kappa shape index (κ1) is 22.6. The van der Waals surface area contributed by atoms with Crippen LogP contribution in [0.3, 0.4) is 0 Å². The number of halogens is 2. The molecule has 0 spiro atoms. The third-order valence-electron chi connectivity index (χ3n) is 4.62. The highest BCUT2D eigenvalue weighted by Gasteiger charge is 2.21. The first-order chi connectivity index (χ1) is 15.9. The lowest BCUT2D eigenvalue weighted by atomic mass is 10.2. The summed E-state index contributed by atoms with van der Waals surface area (Å²) in [5.41, 5.74) is 1.26. The molecule has 0 atom stereocenters. The van der Waals surface area contributed by atoms with E-state index in [0.717, 1.165) is 16.4 Å². The summed E-state index contributed by atoms with van der Waals surface area (Å²) in [5.74, 6) is 0.561. The van der Waals surface area contributed by atoms with Gasteiger partial charge in [0.2, 0.25) is 5.82 Å². The quantitative estimate of drug-likeness (QED) is 0.359. The number of rotatable bonds is 7. The molecule has 168 valence electrons. The molecule has 0 aliphatic heterocycles. The van der Waals surface area contributed by atoms with Crippen LogP contribution in [0.1, 0.15) is 16.2 Å². The molecule has 0 fully saturated rings. The van der Waals surface area contributed by atoms with E-state index < -0.39 is 5.91 Å². The van der Waals surface area contributed by atoms with Crippen LogP contribution in [-0.2, 0) is 11.4 Å². The third kappa shape index (κ3) is 5.25. The molecule has 0 bridgehead atoms. The van der Waals surface area contributed by atoms with E-state index in [1.165, 1.54) is 30.3 Å². The molecule has 0 radical (unpaired) electrons. The molecule has 0 saturated heterocycles. The maximum Gasteiger partial charge on any atom is 0.317 e. The number of nitrogens with zero attached hydrogens (tertiary/aromatic N) is 4. The molecule has 1 N–H and O–H groups in total. The standard InChI is InChI=1S/C23H18Cl2N4O4/c1-32-29(13-15-7-9-18(10-8-15)33-17-5-3-2-4-6-17)23(31)22-26-14-28(27-22)16-11-19(24)21(30)20(25)12-16/h2-12,14,30H,13H2,1H3. The largest absolute Gasteiger partial charge is 0.505 e. The van der Waals surface area contributed by atoms with Crippen molar-refractivity contribution in [2.24, 2.45) is 0 Å². The van der Waals surface area contributed by atoms with Crippen molar-refractivity contribution in [1.29, 1.82) is 0 Å². The highest BCUT2D eigenvalue weighted by Crippen LogP contribution is 2.33. The summed E-state index contributed by atoms with van der Waals surface area (Å²) in [5, 5.41) is 15.1. The fourth-order valence-electron chi connectivity index (χ4n) is 2.95. The Morgan fingerprint density at radius 2 is 1.67 bits per heavy atom. The molecule has 1 aromatic heterocycles. The zero-order valence-electron chi connectivity index (χ0n) is 17.4. The number of carbonyl (C=O) groups is 1. The lowest BCUT2D eigenvalue weighted by Crippen LogP contribution is -2.30. The van der Waals surface area contributed by atoms with Crippen molar-refractivity contribution >= 4 is 29.1 Å². The van der Waals surface area contributed by atoms with Gasteiger partial charge in [0, 0.05) is 0 Å². The first-order valence-corrected chi connectivity index (χ1v) is 10.5. The molecule has 0 unspecified atom stereocenters. The van der Waals surface area contributed by atoms with E-state index >= 15 is 0 Å². The summed E-state index contributed by atoms with van der Waals surface area (Å²) in [7, 11) is 1.39. The number of phenols is 1. The van der Waals surface area contributed by atoms with Gasteiger partial charge in [-0.15, -0.1) is 5.10 Å². The predicted octanol–water partition coefficient (Wildman–Crippen LogP) is 5.28. The van der Waals surface area contributed by atoms with E-state index in [9.17, 15) is 9.90 Å². The Bertz CT molecular complexity index is 1240. The second-order valence-corrected chi connectivity index (χ2v) is 7.67. The zero-order valence-corrected chi connectivity index (χ0v) is 18.9. The van der Waals surface area contributed by atoms with Crippen LogP contribution in [-0.4, -0.2) is 38.0 Å². The van der Waals surface area contributed by atoms with E-state index in [4.69, 9.17) is 32.8 Å².